The standard InChI is InChI=1S/C22H19BrN2O5/c23-14-6-7-18(26)16(11-14)17-9-13(10-20(25-17)24-8-2-5-21(27)28)15-3-1-4-19-22(15)30-12-29-19/h1,3-4,6-7,9-11,26H,2,5,8,12H2,(H,24,25)(H,27,28). The lowest BCUT2D eigenvalue weighted by Crippen LogP contribution is -2.06. The number of nitrogens with zero attached hydrogens (tertiary/aromatic N) is 1. The first-order valence-corrected chi connectivity index (χ1v) is 10.2. The minimum Gasteiger partial charge on any atom is -0.507 e. The largest absolute Gasteiger partial charge is 0.507 e. The van der Waals surface area contributed by atoms with Gasteiger partial charge in [-0.05, 0) is 48.4 Å². The molecule has 1 aromatic heterocycles. The van der Waals surface area contributed by atoms with Gasteiger partial charge in [0, 0.05) is 28.6 Å². The van der Waals surface area contributed by atoms with E-state index in [1.54, 1.807) is 18.2 Å². The number of pyridine rings is 1. The lowest BCUT2D eigenvalue weighted by atomic mass is 10.0. The summed E-state index contributed by atoms with van der Waals surface area (Å²) in [6, 6.07) is 14.6. The van der Waals surface area contributed by atoms with Crippen LogP contribution >= 0.6 is 15.9 Å². The third kappa shape index (κ3) is 4.33. The second kappa shape index (κ2) is 8.62. The number of phenols is 1. The number of halogens is 1. The van der Waals surface area contributed by atoms with Gasteiger partial charge >= 0.3 is 5.97 Å². The van der Waals surface area contributed by atoms with Gasteiger partial charge in [0.25, 0.3) is 0 Å². The van der Waals surface area contributed by atoms with E-state index in [2.05, 4.69) is 26.2 Å². The van der Waals surface area contributed by atoms with Gasteiger partial charge in [-0.25, -0.2) is 4.98 Å². The molecule has 3 N–H and O–H groups in total. The predicted molar refractivity (Wildman–Crippen MR) is 116 cm³/mol. The molecule has 0 saturated carbocycles. The fourth-order valence-electron chi connectivity index (χ4n) is 3.24. The number of para-hydroxylation sites is 1. The van der Waals surface area contributed by atoms with Crippen LogP contribution in [0.15, 0.2) is 53.0 Å². The Morgan fingerprint density at radius 3 is 2.83 bits per heavy atom. The van der Waals surface area contributed by atoms with Crippen LogP contribution in [0.5, 0.6) is 17.2 Å². The molecule has 1 aliphatic heterocycles. The number of anilines is 1. The van der Waals surface area contributed by atoms with Crippen molar-refractivity contribution in [3.05, 3.63) is 53.0 Å². The van der Waals surface area contributed by atoms with Crippen LogP contribution in [0.25, 0.3) is 22.4 Å². The lowest BCUT2D eigenvalue weighted by molar-refractivity contribution is -0.137. The molecule has 1 aliphatic rings. The second-order valence-corrected chi connectivity index (χ2v) is 7.67. The summed E-state index contributed by atoms with van der Waals surface area (Å²) >= 11 is 3.43. The highest BCUT2D eigenvalue weighted by Gasteiger charge is 2.20. The molecule has 4 rings (SSSR count). The number of carboxylic acid groups (broad SMARTS) is 1. The Labute approximate surface area is 181 Å². The monoisotopic (exact) mass is 470 g/mol. The van der Waals surface area contributed by atoms with E-state index in [0.717, 1.165) is 15.6 Å². The molecule has 0 atom stereocenters. The van der Waals surface area contributed by atoms with Gasteiger partial charge in [-0.2, -0.15) is 0 Å². The molecule has 0 fully saturated rings. The molecule has 2 aromatic carbocycles. The second-order valence-electron chi connectivity index (χ2n) is 6.75. The van der Waals surface area contributed by atoms with Gasteiger partial charge in [0.1, 0.15) is 11.6 Å². The van der Waals surface area contributed by atoms with Crippen molar-refractivity contribution in [2.75, 3.05) is 18.7 Å². The van der Waals surface area contributed by atoms with Gasteiger partial charge in [0.15, 0.2) is 11.5 Å². The quantitative estimate of drug-likeness (QED) is 0.422. The number of aromatic hydroxyl groups is 1. The molecule has 30 heavy (non-hydrogen) atoms. The summed E-state index contributed by atoms with van der Waals surface area (Å²) in [7, 11) is 0. The van der Waals surface area contributed by atoms with Crippen LogP contribution in [0.1, 0.15) is 12.8 Å². The number of ether oxygens (including phenoxy) is 2. The molecular weight excluding hydrogens is 452 g/mol. The number of nitrogens with one attached hydrogen (secondary N) is 1. The van der Waals surface area contributed by atoms with E-state index in [0.29, 0.717) is 41.5 Å². The molecule has 2 heterocycles. The minimum atomic E-state index is -0.838. The Kier molecular flexibility index (Phi) is 5.76. The van der Waals surface area contributed by atoms with E-state index in [4.69, 9.17) is 14.6 Å². The molecule has 8 heteroatoms. The molecule has 0 radical (unpaired) electrons. The fourth-order valence-corrected chi connectivity index (χ4v) is 3.60. The molecule has 0 unspecified atom stereocenters. The van der Waals surface area contributed by atoms with Crippen LogP contribution in [0.3, 0.4) is 0 Å². The number of phenolic OH excluding ortho intramolecular Hbond substituents is 1. The number of rotatable bonds is 7. The summed E-state index contributed by atoms with van der Waals surface area (Å²) in [5, 5.41) is 22.4. The Morgan fingerprint density at radius 2 is 2.00 bits per heavy atom. The lowest BCUT2D eigenvalue weighted by Gasteiger charge is -2.13. The van der Waals surface area contributed by atoms with E-state index >= 15 is 0 Å². The van der Waals surface area contributed by atoms with E-state index in [1.165, 1.54) is 0 Å². The average molecular weight is 471 g/mol. The summed E-state index contributed by atoms with van der Waals surface area (Å²) in [4.78, 5) is 15.4. The van der Waals surface area contributed by atoms with Crippen molar-refractivity contribution in [1.29, 1.82) is 0 Å². The summed E-state index contributed by atoms with van der Waals surface area (Å²) in [5.74, 6) is 1.17. The molecule has 0 saturated heterocycles. The van der Waals surface area contributed by atoms with E-state index in [9.17, 15) is 9.90 Å². The predicted octanol–water partition coefficient (Wildman–Crippen LogP) is 4.89. The summed E-state index contributed by atoms with van der Waals surface area (Å²) in [6.45, 7) is 0.621. The number of aromatic nitrogens is 1. The molecule has 0 bridgehead atoms. The molecule has 7 nitrogen and oxygen atoms in total. The smallest absolute Gasteiger partial charge is 0.303 e. The van der Waals surface area contributed by atoms with Gasteiger partial charge in [-0.3, -0.25) is 4.79 Å². The topological polar surface area (TPSA) is 101 Å². The maximum atomic E-state index is 10.8. The van der Waals surface area contributed by atoms with Crippen LogP contribution in [0.4, 0.5) is 5.82 Å². The highest BCUT2D eigenvalue weighted by atomic mass is 79.9. The van der Waals surface area contributed by atoms with Crippen molar-refractivity contribution in [2.24, 2.45) is 0 Å². The Balaban J connectivity index is 1.76. The summed E-state index contributed by atoms with van der Waals surface area (Å²) < 4.78 is 12.0. The first kappa shape index (κ1) is 20.0. The van der Waals surface area contributed by atoms with E-state index in [-0.39, 0.29) is 19.0 Å². The zero-order chi connectivity index (χ0) is 21.1. The van der Waals surface area contributed by atoms with Crippen LogP contribution in [0.2, 0.25) is 0 Å². The molecule has 154 valence electrons. The number of hydrogen-bond acceptors (Lipinski definition) is 6. The minimum absolute atomic E-state index is 0.0728. The van der Waals surface area contributed by atoms with E-state index < -0.39 is 5.97 Å². The van der Waals surface area contributed by atoms with Crippen LogP contribution in [0, 0.1) is 0 Å². The molecule has 3 aromatic rings. The van der Waals surface area contributed by atoms with Gasteiger partial charge in [-0.1, -0.05) is 28.1 Å². The van der Waals surface area contributed by atoms with Gasteiger partial charge in [0.2, 0.25) is 6.79 Å². The maximum absolute atomic E-state index is 10.8. The third-order valence-electron chi connectivity index (χ3n) is 4.64. The SMILES string of the molecule is O=C(O)CCCNc1cc(-c2cccc3c2OCO3)cc(-c2cc(Br)ccc2O)n1. The number of fused-ring (bicyclic) bond motifs is 1. The Morgan fingerprint density at radius 1 is 1.13 bits per heavy atom. The van der Waals surface area contributed by atoms with Crippen molar-refractivity contribution in [1.82, 2.24) is 4.98 Å². The normalized spacial score (nSPS) is 12.0. The average Bonchev–Trinajstić information content (AvgIpc) is 3.21. The number of benzene rings is 2. The van der Waals surface area contributed by atoms with Crippen molar-refractivity contribution in [3.8, 4) is 39.6 Å². The van der Waals surface area contributed by atoms with Gasteiger partial charge < -0.3 is 25.0 Å². The van der Waals surface area contributed by atoms with E-state index in [1.807, 2.05) is 30.3 Å². The van der Waals surface area contributed by atoms with Crippen molar-refractivity contribution < 1.29 is 24.5 Å². The Bertz CT molecular complexity index is 1100. The maximum Gasteiger partial charge on any atom is 0.303 e. The highest BCUT2D eigenvalue weighted by Crippen LogP contribution is 2.43. The van der Waals surface area contributed by atoms with Gasteiger partial charge in [0.05, 0.1) is 5.69 Å². The molecular formula is C22H19BrN2O5. The van der Waals surface area contributed by atoms with Crippen LogP contribution in [-0.4, -0.2) is 34.5 Å². The first-order chi connectivity index (χ1) is 14.5. The number of carboxylic acids is 1. The molecule has 0 amide bonds. The fraction of sp³-hybridized carbons (Fsp3) is 0.182. The summed E-state index contributed by atoms with van der Waals surface area (Å²) in [5.41, 5.74) is 2.83. The molecule has 0 spiro atoms. The van der Waals surface area contributed by atoms with Gasteiger partial charge in [-0.15, -0.1) is 0 Å². The first-order valence-electron chi connectivity index (χ1n) is 9.37. The zero-order valence-corrected chi connectivity index (χ0v) is 17.5. The van der Waals surface area contributed by atoms with Crippen molar-refractivity contribution in [3.63, 3.8) is 0 Å². The number of carbonyl (C=O) groups is 1. The Hall–Kier alpha value is -3.26. The molecule has 0 aliphatic carbocycles. The van der Waals surface area contributed by atoms with Crippen LogP contribution in [-0.2, 0) is 4.79 Å². The van der Waals surface area contributed by atoms with Crippen molar-refractivity contribution in [2.45, 2.75) is 12.8 Å². The number of aliphatic carboxylic acids is 1. The van der Waals surface area contributed by atoms with Crippen LogP contribution < -0.4 is 14.8 Å². The highest BCUT2D eigenvalue weighted by molar-refractivity contribution is 9.10. The number of hydrogen-bond donors (Lipinski definition) is 3. The third-order valence-corrected chi connectivity index (χ3v) is 5.13. The zero-order valence-electron chi connectivity index (χ0n) is 15.9. The van der Waals surface area contributed by atoms with Crippen molar-refractivity contribution >= 4 is 27.7 Å². The summed E-state index contributed by atoms with van der Waals surface area (Å²) in [6.07, 6.45) is 0.541.